The first-order valence-electron chi connectivity index (χ1n) is 21.5. The van der Waals surface area contributed by atoms with E-state index in [9.17, 15) is 39.6 Å². The summed E-state index contributed by atoms with van der Waals surface area (Å²) in [7, 11) is -7.65. The lowest BCUT2D eigenvalue weighted by Gasteiger charge is -2.39. The number of morpholine rings is 1. The van der Waals surface area contributed by atoms with E-state index in [1.807, 2.05) is 13.0 Å². The third-order valence-corrected chi connectivity index (χ3v) is 14.7. The van der Waals surface area contributed by atoms with Gasteiger partial charge in [0, 0.05) is 108 Å². The van der Waals surface area contributed by atoms with E-state index in [4.69, 9.17) is 16.3 Å². The molecule has 4 fully saturated rings. The second-order valence-electron chi connectivity index (χ2n) is 17.5. The number of carbonyl (C=O) groups is 2. The number of aryl methyl sites for hydroxylation is 1. The first-order chi connectivity index (χ1) is 31.2. The van der Waals surface area contributed by atoms with Crippen molar-refractivity contribution in [2.75, 3.05) is 98.4 Å². The summed E-state index contributed by atoms with van der Waals surface area (Å²) in [6.45, 7) is 7.67. The highest BCUT2D eigenvalue weighted by Crippen LogP contribution is 2.42. The van der Waals surface area contributed by atoms with Crippen LogP contribution in [0.1, 0.15) is 41.6 Å². The quantitative estimate of drug-likeness (QED) is 0.203. The fraction of sp³-hybridized carbons (Fsp3) is 0.537. The summed E-state index contributed by atoms with van der Waals surface area (Å²) in [6, 6.07) is 9.39. The molecular weight excluding hydrogens is 929 g/mol. The number of anilines is 3. The van der Waals surface area contributed by atoms with Crippen molar-refractivity contribution in [3.63, 3.8) is 0 Å². The number of piperazine rings is 1. The van der Waals surface area contributed by atoms with Crippen molar-refractivity contribution in [1.29, 1.82) is 0 Å². The van der Waals surface area contributed by atoms with Gasteiger partial charge in [-0.1, -0.05) is 23.7 Å². The first-order valence-corrected chi connectivity index (χ1v) is 25.4. The number of amides is 2. The lowest BCUT2D eigenvalue weighted by Crippen LogP contribution is -2.49. The summed E-state index contributed by atoms with van der Waals surface area (Å²) in [4.78, 5) is 40.3. The van der Waals surface area contributed by atoms with E-state index in [2.05, 4.69) is 34.4 Å². The molecule has 1 atom stereocenters. The third-order valence-electron chi connectivity index (χ3n) is 12.6. The molecule has 0 bridgehead atoms. The van der Waals surface area contributed by atoms with Crippen LogP contribution in [0.4, 0.5) is 40.1 Å². The number of nitrogens with one attached hydrogen (secondary N) is 2. The van der Waals surface area contributed by atoms with Gasteiger partial charge in [0.05, 0.1) is 30.3 Å². The minimum Gasteiger partial charge on any atom is -0.373 e. The molecule has 1 aromatic carbocycles. The fourth-order valence-corrected chi connectivity index (χ4v) is 11.0. The zero-order valence-electron chi connectivity index (χ0n) is 36.5. The number of hydrogen-bond donors (Lipinski definition) is 2. The molecule has 4 aliphatic rings. The fourth-order valence-electron chi connectivity index (χ4n) is 9.15. The van der Waals surface area contributed by atoms with E-state index in [0.29, 0.717) is 94.7 Å². The molecule has 1 unspecified atom stereocenters. The van der Waals surface area contributed by atoms with Crippen LogP contribution < -0.4 is 14.3 Å². The first kappa shape index (κ1) is 47.5. The molecule has 0 saturated carbocycles. The highest BCUT2D eigenvalue weighted by Gasteiger charge is 2.42. The maximum absolute atomic E-state index is 14.1. The van der Waals surface area contributed by atoms with Gasteiger partial charge in [-0.25, -0.2) is 31.4 Å². The Kier molecular flexibility index (Phi) is 13.6. The number of aromatic nitrogens is 5. The summed E-state index contributed by atoms with van der Waals surface area (Å²) < 4.78 is 105. The Labute approximate surface area is 385 Å². The normalized spacial score (nSPS) is 20.0. The van der Waals surface area contributed by atoms with Crippen LogP contribution in [0.5, 0.6) is 0 Å². The van der Waals surface area contributed by atoms with Crippen molar-refractivity contribution in [2.45, 2.75) is 51.6 Å². The van der Waals surface area contributed by atoms with Gasteiger partial charge in [-0.2, -0.15) is 22.5 Å². The highest BCUT2D eigenvalue weighted by atomic mass is 35.5. The SMILES string of the molecule is Cc1nc(Cl)ccc1CN1CCN(C(=O)n2ccc(NS(=O)(=O)CC3CN(c4cc(C(F)(F)F)ccc4CN4CCC5(CCN(C(=O)n6ccc(NS(C)(=O)=O)n6)CC5)C4)CCO3)n2)CC1. The Morgan fingerprint density at radius 3 is 2.05 bits per heavy atom. The van der Waals surface area contributed by atoms with Gasteiger partial charge in [-0.05, 0) is 67.5 Å². The molecule has 7 heterocycles. The van der Waals surface area contributed by atoms with Crippen LogP contribution in [-0.2, 0) is 44.0 Å². The Balaban J connectivity index is 0.853. The zero-order valence-corrected chi connectivity index (χ0v) is 38.8. The summed E-state index contributed by atoms with van der Waals surface area (Å²) >= 11 is 6.00. The number of nitrogens with zero attached hydrogens (tertiary/aromatic N) is 10. The van der Waals surface area contributed by atoms with Gasteiger partial charge < -0.3 is 19.4 Å². The van der Waals surface area contributed by atoms with E-state index < -0.39 is 49.7 Å². The van der Waals surface area contributed by atoms with E-state index in [1.54, 1.807) is 20.8 Å². The lowest BCUT2D eigenvalue weighted by molar-refractivity contribution is -0.137. The number of halogens is 4. The van der Waals surface area contributed by atoms with E-state index >= 15 is 0 Å². The van der Waals surface area contributed by atoms with Crippen molar-refractivity contribution in [1.82, 2.24) is 44.1 Å². The number of ether oxygens (including phenoxy) is 1. The Morgan fingerprint density at radius 1 is 0.803 bits per heavy atom. The number of piperidine rings is 1. The molecule has 8 rings (SSSR count). The second kappa shape index (κ2) is 18.9. The molecule has 2 amide bonds. The minimum atomic E-state index is -4.61. The van der Waals surface area contributed by atoms with E-state index in [0.717, 1.165) is 45.4 Å². The van der Waals surface area contributed by atoms with Gasteiger partial charge in [-0.15, -0.1) is 10.2 Å². The third kappa shape index (κ3) is 11.6. The van der Waals surface area contributed by atoms with Crippen molar-refractivity contribution in [3.05, 3.63) is 82.4 Å². The molecule has 3 aromatic heterocycles. The van der Waals surface area contributed by atoms with Crippen LogP contribution in [0.2, 0.25) is 5.15 Å². The van der Waals surface area contributed by atoms with Crippen molar-refractivity contribution in [2.24, 2.45) is 5.41 Å². The standard InChI is InChI=1S/C41H52ClF3N12O7S2/c1-29-30(4-6-35(42)46-29)24-51-17-19-54(20-18-51)39(59)57-13-8-37(48-57)50-66(62,63)27-33-26-55(21-22-64-33)34-23-32(41(43,44)45)5-3-31(34)25-52-14-9-40(28-52)10-15-53(16-11-40)38(58)56-12-7-36(47-56)49-65(2,60)61/h3-8,12-13,23,33H,9-11,14-22,24-28H2,1-2H3,(H,47,49)(H,48,50). The summed E-state index contributed by atoms with van der Waals surface area (Å²) in [6.07, 6.45) is 0.539. The van der Waals surface area contributed by atoms with Crippen LogP contribution in [0.25, 0.3) is 0 Å². The van der Waals surface area contributed by atoms with Gasteiger partial charge in [0.2, 0.25) is 20.0 Å². The Bertz CT molecular complexity index is 2650. The number of benzene rings is 1. The zero-order chi connectivity index (χ0) is 47.0. The van der Waals surface area contributed by atoms with Crippen molar-refractivity contribution < 1.29 is 44.3 Å². The lowest BCUT2D eigenvalue weighted by atomic mass is 9.78. The number of sulfonamides is 2. The summed E-state index contributed by atoms with van der Waals surface area (Å²) in [5.41, 5.74) is 1.99. The molecule has 66 heavy (non-hydrogen) atoms. The molecule has 4 aromatic rings. The molecular formula is C41H52ClF3N12O7S2. The topological polar surface area (TPSA) is 200 Å². The average molecular weight is 982 g/mol. The number of likely N-dealkylation sites (tertiary alicyclic amines) is 2. The summed E-state index contributed by atoms with van der Waals surface area (Å²) in [5, 5.41) is 8.67. The summed E-state index contributed by atoms with van der Waals surface area (Å²) in [5.74, 6) is -0.521. The number of alkyl halides is 3. The number of carbonyl (C=O) groups excluding carboxylic acids is 2. The largest absolute Gasteiger partial charge is 0.416 e. The van der Waals surface area contributed by atoms with E-state index in [1.165, 1.54) is 30.6 Å². The monoisotopic (exact) mass is 980 g/mol. The van der Waals surface area contributed by atoms with Gasteiger partial charge in [0.1, 0.15) is 5.15 Å². The maximum atomic E-state index is 14.1. The van der Waals surface area contributed by atoms with Crippen molar-refractivity contribution in [3.8, 4) is 0 Å². The van der Waals surface area contributed by atoms with Crippen LogP contribution >= 0.6 is 11.6 Å². The minimum absolute atomic E-state index is 0.0120. The van der Waals surface area contributed by atoms with Crippen LogP contribution in [0.3, 0.4) is 0 Å². The van der Waals surface area contributed by atoms with Gasteiger partial charge in [-0.3, -0.25) is 19.2 Å². The average Bonchev–Trinajstić information content (AvgIpc) is 4.01. The predicted molar refractivity (Wildman–Crippen MR) is 239 cm³/mol. The number of hydrogen-bond acceptors (Lipinski definition) is 13. The molecule has 4 saturated heterocycles. The molecule has 2 N–H and O–H groups in total. The van der Waals surface area contributed by atoms with Gasteiger partial charge in [0.25, 0.3) is 0 Å². The smallest absolute Gasteiger partial charge is 0.373 e. The van der Waals surface area contributed by atoms with Crippen LogP contribution in [0, 0.1) is 12.3 Å². The molecule has 1 spiro atoms. The van der Waals surface area contributed by atoms with Gasteiger partial charge in [0.15, 0.2) is 11.6 Å². The van der Waals surface area contributed by atoms with Gasteiger partial charge >= 0.3 is 18.2 Å². The molecule has 4 aliphatic heterocycles. The van der Waals surface area contributed by atoms with Crippen molar-refractivity contribution >= 4 is 61.0 Å². The van der Waals surface area contributed by atoms with E-state index in [-0.39, 0.29) is 42.8 Å². The highest BCUT2D eigenvalue weighted by molar-refractivity contribution is 7.92. The number of pyridine rings is 1. The molecule has 25 heteroatoms. The molecule has 358 valence electrons. The Morgan fingerprint density at radius 2 is 1.41 bits per heavy atom. The second-order valence-corrected chi connectivity index (χ2v) is 21.4. The molecule has 0 radical (unpaired) electrons. The van der Waals surface area contributed by atoms with Crippen LogP contribution in [-0.4, -0.2) is 163 Å². The van der Waals surface area contributed by atoms with Crippen LogP contribution in [0.15, 0.2) is 54.9 Å². The number of rotatable bonds is 11. The molecule has 19 nitrogen and oxygen atoms in total. The molecule has 0 aliphatic carbocycles. The maximum Gasteiger partial charge on any atom is 0.416 e. The Hall–Kier alpha value is -5.01. The predicted octanol–water partition coefficient (Wildman–Crippen LogP) is 4.22.